The fourth-order valence-corrected chi connectivity index (χ4v) is 1.39. The lowest BCUT2D eigenvalue weighted by molar-refractivity contribution is 0.0695. The summed E-state index contributed by atoms with van der Waals surface area (Å²) in [6.45, 7) is 0.0936. The minimum Gasteiger partial charge on any atom is -0.487 e. The normalized spacial score (nSPS) is 10.3. The van der Waals surface area contributed by atoms with Crippen LogP contribution in [0.4, 0.5) is 4.39 Å². The van der Waals surface area contributed by atoms with Gasteiger partial charge in [0.1, 0.15) is 23.9 Å². The van der Waals surface area contributed by atoms with Gasteiger partial charge in [0, 0.05) is 13.1 Å². The van der Waals surface area contributed by atoms with Crippen molar-refractivity contribution in [3.63, 3.8) is 0 Å². The molecule has 0 amide bonds. The van der Waals surface area contributed by atoms with Gasteiger partial charge >= 0.3 is 5.97 Å². The molecule has 2 rings (SSSR count). The number of benzene rings is 1. The SMILES string of the molecule is Cn1cc(COc2cc(F)cc(C(=O)O)c2)nn1. The number of ether oxygens (including phenoxy) is 1. The van der Waals surface area contributed by atoms with Crippen LogP contribution in [0.1, 0.15) is 16.1 Å². The Bertz CT molecular complexity index is 583. The van der Waals surface area contributed by atoms with Crippen molar-refractivity contribution < 1.29 is 19.0 Å². The van der Waals surface area contributed by atoms with Gasteiger partial charge in [-0.1, -0.05) is 5.21 Å². The van der Waals surface area contributed by atoms with Crippen LogP contribution in [0, 0.1) is 5.82 Å². The summed E-state index contributed by atoms with van der Waals surface area (Å²) in [5.41, 5.74) is 0.405. The molecule has 94 valence electrons. The van der Waals surface area contributed by atoms with Crippen LogP contribution in [-0.4, -0.2) is 26.1 Å². The third kappa shape index (κ3) is 2.82. The maximum Gasteiger partial charge on any atom is 0.335 e. The molecule has 1 heterocycles. The number of hydrogen-bond donors (Lipinski definition) is 1. The molecule has 1 aromatic heterocycles. The second kappa shape index (κ2) is 4.82. The standard InChI is InChI=1S/C11H10FN3O3/c1-15-5-9(13-14-15)6-18-10-3-7(11(16)17)2-8(12)4-10/h2-5H,6H2,1H3,(H,16,17). The van der Waals surface area contributed by atoms with Gasteiger partial charge in [0.25, 0.3) is 0 Å². The predicted octanol–water partition coefficient (Wildman–Crippen LogP) is 1.23. The molecule has 0 saturated heterocycles. The molecule has 7 heteroatoms. The van der Waals surface area contributed by atoms with E-state index >= 15 is 0 Å². The van der Waals surface area contributed by atoms with E-state index in [2.05, 4.69) is 10.3 Å². The van der Waals surface area contributed by atoms with Crippen LogP contribution in [0.25, 0.3) is 0 Å². The van der Waals surface area contributed by atoms with Gasteiger partial charge in [-0.3, -0.25) is 4.68 Å². The Kier molecular flexibility index (Phi) is 3.22. The van der Waals surface area contributed by atoms with Crippen molar-refractivity contribution in [3.8, 4) is 5.75 Å². The van der Waals surface area contributed by atoms with Gasteiger partial charge in [-0.05, 0) is 12.1 Å². The van der Waals surface area contributed by atoms with Crippen molar-refractivity contribution in [2.45, 2.75) is 6.61 Å². The van der Waals surface area contributed by atoms with Crippen LogP contribution < -0.4 is 4.74 Å². The maximum absolute atomic E-state index is 13.1. The van der Waals surface area contributed by atoms with Crippen molar-refractivity contribution in [2.75, 3.05) is 0 Å². The lowest BCUT2D eigenvalue weighted by Crippen LogP contribution is -2.01. The van der Waals surface area contributed by atoms with E-state index in [9.17, 15) is 9.18 Å². The van der Waals surface area contributed by atoms with Crippen LogP contribution >= 0.6 is 0 Å². The largest absolute Gasteiger partial charge is 0.487 e. The molecule has 0 bridgehead atoms. The quantitative estimate of drug-likeness (QED) is 0.884. The van der Waals surface area contributed by atoms with E-state index in [1.54, 1.807) is 13.2 Å². The summed E-state index contributed by atoms with van der Waals surface area (Å²) in [7, 11) is 1.71. The van der Waals surface area contributed by atoms with Crippen molar-refractivity contribution in [1.29, 1.82) is 0 Å². The number of aryl methyl sites for hydroxylation is 1. The van der Waals surface area contributed by atoms with Gasteiger partial charge in [0.2, 0.25) is 0 Å². The van der Waals surface area contributed by atoms with E-state index in [0.717, 1.165) is 12.1 Å². The Morgan fingerprint density at radius 3 is 2.89 bits per heavy atom. The van der Waals surface area contributed by atoms with E-state index in [0.29, 0.717) is 5.69 Å². The summed E-state index contributed by atoms with van der Waals surface area (Å²) in [5.74, 6) is -1.74. The summed E-state index contributed by atoms with van der Waals surface area (Å²) in [5, 5.41) is 16.3. The maximum atomic E-state index is 13.1. The Hall–Kier alpha value is -2.44. The number of carbonyl (C=O) groups is 1. The number of nitrogens with zero attached hydrogens (tertiary/aromatic N) is 3. The average Bonchev–Trinajstić information content (AvgIpc) is 2.72. The van der Waals surface area contributed by atoms with E-state index in [4.69, 9.17) is 9.84 Å². The zero-order chi connectivity index (χ0) is 13.1. The minimum atomic E-state index is -1.21. The van der Waals surface area contributed by atoms with Gasteiger partial charge in [-0.25, -0.2) is 9.18 Å². The molecule has 18 heavy (non-hydrogen) atoms. The molecule has 0 aliphatic heterocycles. The molecular weight excluding hydrogens is 241 g/mol. The first-order chi connectivity index (χ1) is 8.54. The zero-order valence-corrected chi connectivity index (χ0v) is 9.50. The fraction of sp³-hybridized carbons (Fsp3) is 0.182. The van der Waals surface area contributed by atoms with Crippen molar-refractivity contribution >= 4 is 5.97 Å². The number of hydrogen-bond acceptors (Lipinski definition) is 4. The van der Waals surface area contributed by atoms with Crippen LogP contribution in [-0.2, 0) is 13.7 Å². The molecular formula is C11H10FN3O3. The monoisotopic (exact) mass is 251 g/mol. The van der Waals surface area contributed by atoms with Gasteiger partial charge in [-0.2, -0.15) is 0 Å². The summed E-state index contributed by atoms with van der Waals surface area (Å²) in [6.07, 6.45) is 1.65. The van der Waals surface area contributed by atoms with E-state index in [-0.39, 0.29) is 17.9 Å². The molecule has 0 aliphatic carbocycles. The molecule has 0 aliphatic rings. The molecule has 0 spiro atoms. The highest BCUT2D eigenvalue weighted by atomic mass is 19.1. The Labute approximate surface area is 102 Å². The van der Waals surface area contributed by atoms with Crippen molar-refractivity contribution in [1.82, 2.24) is 15.0 Å². The highest BCUT2D eigenvalue weighted by molar-refractivity contribution is 5.88. The highest BCUT2D eigenvalue weighted by Gasteiger charge is 2.08. The minimum absolute atomic E-state index is 0.0936. The van der Waals surface area contributed by atoms with Gasteiger partial charge in [0.15, 0.2) is 0 Å². The van der Waals surface area contributed by atoms with E-state index in [1.807, 2.05) is 0 Å². The van der Waals surface area contributed by atoms with Crippen molar-refractivity contribution in [2.24, 2.45) is 7.05 Å². The first-order valence-electron chi connectivity index (χ1n) is 5.06. The fourth-order valence-electron chi connectivity index (χ4n) is 1.39. The molecule has 6 nitrogen and oxygen atoms in total. The Balaban J connectivity index is 2.11. The molecule has 0 radical (unpaired) electrons. The second-order valence-electron chi connectivity index (χ2n) is 3.65. The summed E-state index contributed by atoms with van der Waals surface area (Å²) < 4.78 is 19.9. The molecule has 0 atom stereocenters. The molecule has 0 fully saturated rings. The number of carboxylic acids is 1. The van der Waals surface area contributed by atoms with Crippen LogP contribution in [0.15, 0.2) is 24.4 Å². The number of carboxylic acid groups (broad SMARTS) is 1. The van der Waals surface area contributed by atoms with E-state index in [1.165, 1.54) is 10.7 Å². The first kappa shape index (κ1) is 12.0. The zero-order valence-electron chi connectivity index (χ0n) is 9.50. The predicted molar refractivity (Wildman–Crippen MR) is 58.7 cm³/mol. The molecule has 1 N–H and O–H groups in total. The molecule has 0 saturated carbocycles. The summed E-state index contributed by atoms with van der Waals surface area (Å²) in [6, 6.07) is 3.29. The highest BCUT2D eigenvalue weighted by Crippen LogP contribution is 2.17. The average molecular weight is 251 g/mol. The molecule has 2 aromatic rings. The number of aromatic carboxylic acids is 1. The topological polar surface area (TPSA) is 77.2 Å². The summed E-state index contributed by atoms with van der Waals surface area (Å²) in [4.78, 5) is 10.7. The lowest BCUT2D eigenvalue weighted by atomic mass is 10.2. The number of aromatic nitrogens is 3. The van der Waals surface area contributed by atoms with Gasteiger partial charge < -0.3 is 9.84 Å². The van der Waals surface area contributed by atoms with Crippen LogP contribution in [0.5, 0.6) is 5.75 Å². The van der Waals surface area contributed by atoms with Crippen LogP contribution in [0.3, 0.4) is 0 Å². The first-order valence-corrected chi connectivity index (χ1v) is 5.06. The Morgan fingerprint density at radius 2 is 2.28 bits per heavy atom. The molecule has 0 unspecified atom stereocenters. The van der Waals surface area contributed by atoms with Gasteiger partial charge in [-0.15, -0.1) is 5.10 Å². The number of halogens is 1. The summed E-state index contributed by atoms with van der Waals surface area (Å²) >= 11 is 0. The molecule has 1 aromatic carbocycles. The van der Waals surface area contributed by atoms with Crippen molar-refractivity contribution in [3.05, 3.63) is 41.5 Å². The lowest BCUT2D eigenvalue weighted by Gasteiger charge is -2.05. The van der Waals surface area contributed by atoms with E-state index < -0.39 is 11.8 Å². The number of rotatable bonds is 4. The second-order valence-corrected chi connectivity index (χ2v) is 3.65. The Morgan fingerprint density at radius 1 is 1.50 bits per heavy atom. The third-order valence-corrected chi connectivity index (χ3v) is 2.16. The smallest absolute Gasteiger partial charge is 0.335 e. The van der Waals surface area contributed by atoms with Gasteiger partial charge in [0.05, 0.1) is 11.8 Å². The van der Waals surface area contributed by atoms with Crippen LogP contribution in [0.2, 0.25) is 0 Å². The third-order valence-electron chi connectivity index (χ3n) is 2.16.